The highest BCUT2D eigenvalue weighted by Crippen LogP contribution is 2.43. The first kappa shape index (κ1) is 24.7. The number of imidazole rings is 1. The summed E-state index contributed by atoms with van der Waals surface area (Å²) >= 11 is 0. The average Bonchev–Trinajstić information content (AvgIpc) is 3.25. The van der Waals surface area contributed by atoms with Gasteiger partial charge in [0.1, 0.15) is 0 Å². The zero-order valence-corrected chi connectivity index (χ0v) is 19.7. The molecule has 2 N–H and O–H groups in total. The van der Waals surface area contributed by atoms with Crippen LogP contribution in [0.1, 0.15) is 47.7 Å². The maximum Gasteiger partial charge on any atom is 0.416 e. The number of halogens is 3. The van der Waals surface area contributed by atoms with Crippen LogP contribution in [0.2, 0.25) is 0 Å². The summed E-state index contributed by atoms with van der Waals surface area (Å²) in [7, 11) is 1.77. The third kappa shape index (κ3) is 4.62. The van der Waals surface area contributed by atoms with Crippen LogP contribution in [0, 0.1) is 5.41 Å². The number of benzene rings is 2. The Hall–Kier alpha value is -3.40. The molecule has 0 aliphatic carbocycles. The number of carbonyl (C=O) groups is 2. The van der Waals surface area contributed by atoms with Crippen LogP contribution in [0.5, 0.6) is 0 Å². The summed E-state index contributed by atoms with van der Waals surface area (Å²) < 4.78 is 40.9. The summed E-state index contributed by atoms with van der Waals surface area (Å²) in [6, 6.07) is 9.85. The Bertz CT molecular complexity index is 1280. The van der Waals surface area contributed by atoms with Crippen molar-refractivity contribution >= 4 is 28.8 Å². The van der Waals surface area contributed by atoms with Crippen LogP contribution in [0.25, 0.3) is 11.0 Å². The number of nitrogens with zero attached hydrogens (tertiary/aromatic N) is 3. The van der Waals surface area contributed by atoms with E-state index in [0.29, 0.717) is 30.5 Å². The number of aromatic nitrogens is 2. The molecule has 1 fully saturated rings. The summed E-state index contributed by atoms with van der Waals surface area (Å²) in [4.78, 5) is 31.6. The first-order valence-electron chi connectivity index (χ1n) is 11.3. The zero-order valence-electron chi connectivity index (χ0n) is 19.7. The second kappa shape index (κ2) is 8.99. The topological polar surface area (TPSA) is 87.5 Å². The van der Waals surface area contributed by atoms with E-state index in [2.05, 4.69) is 10.3 Å². The number of hydrogen-bond acceptors (Lipinski definition) is 4. The zero-order chi connectivity index (χ0) is 25.5. The maximum atomic E-state index is 13.1. The number of aliphatic hydroxyl groups excluding tert-OH is 1. The van der Waals surface area contributed by atoms with Gasteiger partial charge in [-0.25, -0.2) is 4.98 Å². The molecule has 7 nitrogen and oxygen atoms in total. The number of likely N-dealkylation sites (N-methyl/N-ethyl adjacent to an activating group) is 1. The molecule has 0 spiro atoms. The summed E-state index contributed by atoms with van der Waals surface area (Å²) in [5, 5.41) is 12.0. The molecule has 0 unspecified atom stereocenters. The Labute approximate surface area is 200 Å². The molecule has 4 rings (SSSR count). The van der Waals surface area contributed by atoms with Crippen molar-refractivity contribution < 1.29 is 27.9 Å². The van der Waals surface area contributed by atoms with Gasteiger partial charge in [0.15, 0.2) is 0 Å². The first-order valence-corrected chi connectivity index (χ1v) is 11.3. The Balaban J connectivity index is 1.70. The number of rotatable bonds is 6. The number of nitrogens with one attached hydrogen (secondary N) is 1. The lowest BCUT2D eigenvalue weighted by atomic mass is 9.77. The number of hydrogen-bond donors (Lipinski definition) is 2. The second-order valence-electron chi connectivity index (χ2n) is 9.40. The van der Waals surface area contributed by atoms with Crippen molar-refractivity contribution in [2.45, 2.75) is 38.9 Å². The smallest absolute Gasteiger partial charge is 0.396 e. The molecule has 1 aliphatic rings. The Morgan fingerprint density at radius 3 is 2.60 bits per heavy atom. The number of likely N-dealkylation sites (tertiary alicyclic amines) is 1. The van der Waals surface area contributed by atoms with E-state index in [1.54, 1.807) is 16.5 Å². The highest BCUT2D eigenvalue weighted by molar-refractivity contribution is 6.04. The minimum atomic E-state index is -4.57. The number of fused-ring (bicyclic) bond motifs is 1. The van der Waals surface area contributed by atoms with Gasteiger partial charge in [0.05, 0.1) is 22.0 Å². The maximum absolute atomic E-state index is 13.1. The molecular weight excluding hydrogens is 461 g/mol. The predicted octanol–water partition coefficient (Wildman–Crippen LogP) is 4.27. The van der Waals surface area contributed by atoms with Gasteiger partial charge in [-0.1, -0.05) is 26.0 Å². The molecule has 2 heterocycles. The van der Waals surface area contributed by atoms with Gasteiger partial charge >= 0.3 is 6.18 Å². The number of carbonyl (C=O) groups excluding carboxylic acids is 2. The molecule has 0 saturated carbocycles. The van der Waals surface area contributed by atoms with E-state index < -0.39 is 23.1 Å². The first-order chi connectivity index (χ1) is 16.4. The molecule has 2 amide bonds. The highest BCUT2D eigenvalue weighted by atomic mass is 19.4. The quantitative estimate of drug-likeness (QED) is 0.543. The van der Waals surface area contributed by atoms with Gasteiger partial charge in [-0.3, -0.25) is 14.9 Å². The molecule has 186 valence electrons. The van der Waals surface area contributed by atoms with Gasteiger partial charge in [-0.15, -0.1) is 0 Å². The standard InChI is InChI=1S/C25H27F3N4O3/c1-24(2)18(14-31(3)22(24)35)15-8-9-20-19(13-15)29-23(32(20)10-5-11-33)30-21(34)16-6-4-7-17(12-16)25(26,27)28/h4,6-9,12-13,18,33H,5,10-11,14H2,1-3H3,(H,29,30,34)/t18-/m1/s1. The molecular formula is C25H27F3N4O3. The third-order valence-electron chi connectivity index (χ3n) is 6.62. The molecule has 0 radical (unpaired) electrons. The van der Waals surface area contributed by atoms with Crippen molar-refractivity contribution in [2.75, 3.05) is 25.5 Å². The Morgan fingerprint density at radius 2 is 1.97 bits per heavy atom. The van der Waals surface area contributed by atoms with Crippen molar-refractivity contribution in [3.8, 4) is 0 Å². The van der Waals surface area contributed by atoms with Crippen LogP contribution in [-0.2, 0) is 17.5 Å². The Kier molecular flexibility index (Phi) is 6.35. The van der Waals surface area contributed by atoms with Gasteiger partial charge in [0, 0.05) is 38.2 Å². The Morgan fingerprint density at radius 1 is 1.23 bits per heavy atom. The highest BCUT2D eigenvalue weighted by Gasteiger charge is 2.46. The van der Waals surface area contributed by atoms with Crippen molar-refractivity contribution in [2.24, 2.45) is 5.41 Å². The lowest BCUT2D eigenvalue weighted by Crippen LogP contribution is -2.28. The largest absolute Gasteiger partial charge is 0.416 e. The van der Waals surface area contributed by atoms with Crippen LogP contribution in [-0.4, -0.2) is 51.6 Å². The van der Waals surface area contributed by atoms with Crippen LogP contribution in [0.3, 0.4) is 0 Å². The van der Waals surface area contributed by atoms with Crippen molar-refractivity contribution in [3.63, 3.8) is 0 Å². The fourth-order valence-corrected chi connectivity index (χ4v) is 4.67. The van der Waals surface area contributed by atoms with E-state index in [4.69, 9.17) is 0 Å². The van der Waals surface area contributed by atoms with Crippen LogP contribution < -0.4 is 5.32 Å². The molecule has 35 heavy (non-hydrogen) atoms. The lowest BCUT2D eigenvalue weighted by Gasteiger charge is -2.23. The molecule has 1 aliphatic heterocycles. The normalized spacial score (nSPS) is 17.9. The third-order valence-corrected chi connectivity index (χ3v) is 6.62. The van der Waals surface area contributed by atoms with Gasteiger partial charge in [0.2, 0.25) is 11.9 Å². The summed E-state index contributed by atoms with van der Waals surface area (Å²) in [6.45, 7) is 4.66. The van der Waals surface area contributed by atoms with E-state index in [-0.39, 0.29) is 29.9 Å². The number of aliphatic hydroxyl groups is 1. The number of anilines is 1. The van der Waals surface area contributed by atoms with E-state index in [1.807, 2.05) is 32.0 Å². The molecule has 10 heteroatoms. The number of amides is 2. The lowest BCUT2D eigenvalue weighted by molar-refractivity contribution is -0.137. The summed E-state index contributed by atoms with van der Waals surface area (Å²) in [6.07, 6.45) is -4.17. The summed E-state index contributed by atoms with van der Waals surface area (Å²) in [5.41, 5.74) is 0.581. The molecule has 3 aromatic rings. The fraction of sp³-hybridized carbons (Fsp3) is 0.400. The fourth-order valence-electron chi connectivity index (χ4n) is 4.67. The van der Waals surface area contributed by atoms with E-state index in [0.717, 1.165) is 17.7 Å². The monoisotopic (exact) mass is 488 g/mol. The molecule has 1 saturated heterocycles. The van der Waals surface area contributed by atoms with E-state index >= 15 is 0 Å². The van der Waals surface area contributed by atoms with Gasteiger partial charge in [0.25, 0.3) is 5.91 Å². The number of aryl methyl sites for hydroxylation is 1. The van der Waals surface area contributed by atoms with Gasteiger partial charge in [-0.05, 0) is 42.3 Å². The average molecular weight is 489 g/mol. The van der Waals surface area contributed by atoms with Gasteiger partial charge < -0.3 is 14.6 Å². The second-order valence-corrected chi connectivity index (χ2v) is 9.40. The van der Waals surface area contributed by atoms with E-state index in [1.165, 1.54) is 12.1 Å². The van der Waals surface area contributed by atoms with Crippen molar-refractivity contribution in [1.29, 1.82) is 0 Å². The predicted molar refractivity (Wildman–Crippen MR) is 125 cm³/mol. The molecule has 1 aromatic heterocycles. The minimum absolute atomic E-state index is 0.0462. The minimum Gasteiger partial charge on any atom is -0.396 e. The summed E-state index contributed by atoms with van der Waals surface area (Å²) in [5.74, 6) is -0.534. The van der Waals surface area contributed by atoms with Crippen molar-refractivity contribution in [3.05, 3.63) is 59.2 Å². The van der Waals surface area contributed by atoms with E-state index in [9.17, 15) is 27.9 Å². The SMILES string of the molecule is CN1C[C@H](c2ccc3c(c2)nc(NC(=O)c2cccc(C(F)(F)F)c2)n3CCCO)C(C)(C)C1=O. The molecule has 2 aromatic carbocycles. The number of alkyl halides is 3. The molecule has 0 bridgehead atoms. The van der Waals surface area contributed by atoms with Crippen LogP contribution in [0.15, 0.2) is 42.5 Å². The van der Waals surface area contributed by atoms with Crippen LogP contribution in [0.4, 0.5) is 19.1 Å². The van der Waals surface area contributed by atoms with Gasteiger partial charge in [-0.2, -0.15) is 13.2 Å². The van der Waals surface area contributed by atoms with Crippen molar-refractivity contribution in [1.82, 2.24) is 14.5 Å². The van der Waals surface area contributed by atoms with Crippen LogP contribution >= 0.6 is 0 Å². The molecule has 1 atom stereocenters.